The molecule has 1 aliphatic heterocycles. The molecule has 1 aromatic rings. The smallest absolute Gasteiger partial charge is 0.329 e. The number of nitrogens with zero attached hydrogens (tertiary/aromatic N) is 1. The molecule has 0 radical (unpaired) electrons. The van der Waals surface area contributed by atoms with E-state index >= 15 is 0 Å². The Morgan fingerprint density at radius 2 is 1.45 bits per heavy atom. The second kappa shape index (κ2) is 11.3. The number of anilines is 1. The van der Waals surface area contributed by atoms with Crippen molar-refractivity contribution in [3.8, 4) is 5.75 Å². The molecule has 0 atom stereocenters. The summed E-state index contributed by atoms with van der Waals surface area (Å²) in [6, 6.07) is 6.78. The molecule has 0 bridgehead atoms. The molecule has 9 nitrogen and oxygen atoms in total. The fraction of sp³-hybridized carbons (Fsp3) is 0.450. The molecule has 0 spiro atoms. The van der Waals surface area contributed by atoms with Crippen molar-refractivity contribution in [3.63, 3.8) is 0 Å². The number of carbonyl (C=O) groups is 3. The predicted octanol–water partition coefficient (Wildman–Crippen LogP) is 1.41. The number of benzene rings is 1. The lowest BCUT2D eigenvalue weighted by Gasteiger charge is -2.16. The van der Waals surface area contributed by atoms with Crippen LogP contribution in [0.25, 0.3) is 0 Å². The van der Waals surface area contributed by atoms with Gasteiger partial charge in [-0.05, 0) is 26.0 Å². The number of ether oxygens (including phenoxy) is 4. The maximum absolute atomic E-state index is 12.3. The van der Waals surface area contributed by atoms with Gasteiger partial charge in [-0.1, -0.05) is 6.07 Å². The van der Waals surface area contributed by atoms with Crippen LogP contribution in [0.15, 0.2) is 35.4 Å². The Labute approximate surface area is 168 Å². The Balaban J connectivity index is 1.64. The second-order valence-electron chi connectivity index (χ2n) is 6.21. The third kappa shape index (κ3) is 6.67. The van der Waals surface area contributed by atoms with Gasteiger partial charge in [-0.25, -0.2) is 9.69 Å². The van der Waals surface area contributed by atoms with E-state index in [1.807, 2.05) is 0 Å². The molecule has 0 unspecified atom stereocenters. The normalized spacial score (nSPS) is 14.1. The summed E-state index contributed by atoms with van der Waals surface area (Å²) >= 11 is 0. The Morgan fingerprint density at radius 3 is 2.03 bits per heavy atom. The minimum absolute atomic E-state index is 0.211. The van der Waals surface area contributed by atoms with Gasteiger partial charge in [0.2, 0.25) is 0 Å². The van der Waals surface area contributed by atoms with E-state index in [-0.39, 0.29) is 25.0 Å². The summed E-state index contributed by atoms with van der Waals surface area (Å²) in [6.45, 7) is 4.80. The number of carboxylic acid groups (broad SMARTS) is 1. The van der Waals surface area contributed by atoms with Gasteiger partial charge in [-0.15, -0.1) is 0 Å². The Morgan fingerprint density at radius 1 is 0.897 bits per heavy atom. The van der Waals surface area contributed by atoms with Gasteiger partial charge in [0, 0.05) is 17.2 Å². The largest absolute Gasteiger partial charge is 0.491 e. The van der Waals surface area contributed by atoms with Gasteiger partial charge in [-0.2, -0.15) is 0 Å². The minimum Gasteiger partial charge on any atom is -0.491 e. The molecule has 0 saturated carbocycles. The van der Waals surface area contributed by atoms with E-state index in [1.165, 1.54) is 0 Å². The molecule has 1 heterocycles. The van der Waals surface area contributed by atoms with Crippen LogP contribution in [0, 0.1) is 0 Å². The van der Waals surface area contributed by atoms with Crippen molar-refractivity contribution in [3.05, 3.63) is 35.4 Å². The molecule has 1 N–H and O–H groups in total. The van der Waals surface area contributed by atoms with Crippen LogP contribution in [0.3, 0.4) is 0 Å². The number of carbonyl (C=O) groups excluding carboxylic acids is 2. The summed E-state index contributed by atoms with van der Waals surface area (Å²) in [5, 5.41) is 8.40. The molecule has 1 aromatic carbocycles. The summed E-state index contributed by atoms with van der Waals surface area (Å²) in [6.07, 6.45) is 0. The van der Waals surface area contributed by atoms with Crippen LogP contribution in [0.5, 0.6) is 5.75 Å². The maximum Gasteiger partial charge on any atom is 0.329 e. The topological polar surface area (TPSA) is 112 Å². The average Bonchev–Trinajstić information content (AvgIpc) is 2.89. The Bertz CT molecular complexity index is 749. The number of hydrogen-bond donors (Lipinski definition) is 1. The van der Waals surface area contributed by atoms with Gasteiger partial charge in [0.15, 0.2) is 0 Å². The SMILES string of the molecule is CC1=C(C)C(=O)N(c2cccc(OCCOCCOCCOCC(=O)O)c2)C1=O. The third-order valence-corrected chi connectivity index (χ3v) is 4.15. The predicted molar refractivity (Wildman–Crippen MR) is 103 cm³/mol. The number of hydrogen-bond acceptors (Lipinski definition) is 7. The quantitative estimate of drug-likeness (QED) is 0.386. The molecule has 2 amide bonds. The van der Waals surface area contributed by atoms with E-state index in [0.29, 0.717) is 55.6 Å². The van der Waals surface area contributed by atoms with Crippen molar-refractivity contribution in [2.45, 2.75) is 13.8 Å². The Hall–Kier alpha value is -2.75. The van der Waals surface area contributed by atoms with Gasteiger partial charge in [0.05, 0.1) is 38.7 Å². The monoisotopic (exact) mass is 407 g/mol. The zero-order valence-electron chi connectivity index (χ0n) is 16.5. The van der Waals surface area contributed by atoms with Gasteiger partial charge in [-0.3, -0.25) is 9.59 Å². The number of amides is 2. The zero-order chi connectivity index (χ0) is 21.2. The number of carboxylic acids is 1. The average molecular weight is 407 g/mol. The molecular weight excluding hydrogens is 382 g/mol. The zero-order valence-corrected chi connectivity index (χ0v) is 16.5. The highest BCUT2D eigenvalue weighted by Gasteiger charge is 2.34. The molecule has 0 aromatic heterocycles. The summed E-state index contributed by atoms with van der Waals surface area (Å²) in [7, 11) is 0. The van der Waals surface area contributed by atoms with E-state index < -0.39 is 5.97 Å². The second-order valence-corrected chi connectivity index (χ2v) is 6.21. The Kier molecular flexibility index (Phi) is 8.78. The van der Waals surface area contributed by atoms with E-state index in [1.54, 1.807) is 38.1 Å². The van der Waals surface area contributed by atoms with Crippen molar-refractivity contribution in [2.24, 2.45) is 0 Å². The number of rotatable bonds is 13. The first-order chi connectivity index (χ1) is 13.9. The molecule has 0 saturated heterocycles. The fourth-order valence-electron chi connectivity index (χ4n) is 2.51. The van der Waals surface area contributed by atoms with Crippen LogP contribution in [-0.2, 0) is 28.6 Å². The van der Waals surface area contributed by atoms with E-state index in [9.17, 15) is 14.4 Å². The highest BCUT2D eigenvalue weighted by Crippen LogP contribution is 2.28. The molecule has 29 heavy (non-hydrogen) atoms. The van der Waals surface area contributed by atoms with Crippen LogP contribution < -0.4 is 9.64 Å². The summed E-state index contributed by atoms with van der Waals surface area (Å²) in [5.41, 5.74) is 1.36. The first kappa shape index (κ1) is 22.5. The van der Waals surface area contributed by atoms with Crippen LogP contribution >= 0.6 is 0 Å². The van der Waals surface area contributed by atoms with Gasteiger partial charge in [0.1, 0.15) is 19.0 Å². The molecule has 158 valence electrons. The highest BCUT2D eigenvalue weighted by atomic mass is 16.6. The highest BCUT2D eigenvalue weighted by molar-refractivity contribution is 6.32. The van der Waals surface area contributed by atoms with E-state index in [0.717, 1.165) is 4.90 Å². The van der Waals surface area contributed by atoms with Crippen molar-refractivity contribution < 1.29 is 38.4 Å². The lowest BCUT2D eigenvalue weighted by Crippen LogP contribution is -2.31. The lowest BCUT2D eigenvalue weighted by molar-refractivity contribution is -0.142. The number of imide groups is 1. The molecule has 9 heteroatoms. The number of aliphatic carboxylic acids is 1. The first-order valence-corrected chi connectivity index (χ1v) is 9.16. The molecule has 0 aliphatic carbocycles. The fourth-order valence-corrected chi connectivity index (χ4v) is 2.51. The van der Waals surface area contributed by atoms with E-state index in [4.69, 9.17) is 24.1 Å². The van der Waals surface area contributed by atoms with Gasteiger partial charge < -0.3 is 24.1 Å². The molecule has 0 fully saturated rings. The van der Waals surface area contributed by atoms with E-state index in [2.05, 4.69) is 0 Å². The molecule has 2 rings (SSSR count). The standard InChI is InChI=1S/C20H25NO8/c1-14-15(2)20(25)21(19(14)24)16-4-3-5-17(12-16)29-11-10-27-7-6-26-8-9-28-13-18(22)23/h3-5,12H,6-11,13H2,1-2H3,(H,22,23). The summed E-state index contributed by atoms with van der Waals surface area (Å²) in [5.74, 6) is -1.12. The van der Waals surface area contributed by atoms with Crippen molar-refractivity contribution >= 4 is 23.5 Å². The maximum atomic E-state index is 12.3. The van der Waals surface area contributed by atoms with Crippen LogP contribution in [-0.4, -0.2) is 69.1 Å². The van der Waals surface area contributed by atoms with Crippen molar-refractivity contribution in [2.75, 3.05) is 51.1 Å². The van der Waals surface area contributed by atoms with Crippen LogP contribution in [0.4, 0.5) is 5.69 Å². The summed E-state index contributed by atoms with van der Waals surface area (Å²) in [4.78, 5) is 35.9. The van der Waals surface area contributed by atoms with Crippen LogP contribution in [0.1, 0.15) is 13.8 Å². The molecular formula is C20H25NO8. The first-order valence-electron chi connectivity index (χ1n) is 9.16. The van der Waals surface area contributed by atoms with Crippen LogP contribution in [0.2, 0.25) is 0 Å². The van der Waals surface area contributed by atoms with Crippen molar-refractivity contribution in [1.29, 1.82) is 0 Å². The van der Waals surface area contributed by atoms with Crippen molar-refractivity contribution in [1.82, 2.24) is 0 Å². The lowest BCUT2D eigenvalue weighted by atomic mass is 10.2. The molecule has 1 aliphatic rings. The summed E-state index contributed by atoms with van der Waals surface area (Å²) < 4.78 is 21.1. The minimum atomic E-state index is -1.01. The van der Waals surface area contributed by atoms with Gasteiger partial charge in [0.25, 0.3) is 11.8 Å². The third-order valence-electron chi connectivity index (χ3n) is 4.15. The van der Waals surface area contributed by atoms with Gasteiger partial charge >= 0.3 is 5.97 Å².